The molecule has 0 aromatic rings. The second-order valence-corrected chi connectivity index (χ2v) is 7.43. The molecular formula is C17H34N2. The quantitative estimate of drug-likeness (QED) is 0.817. The van der Waals surface area contributed by atoms with Crippen LogP contribution in [0.3, 0.4) is 0 Å². The fraction of sp³-hybridized carbons (Fsp3) is 1.00. The maximum absolute atomic E-state index is 3.85. The molecule has 1 N–H and O–H groups in total. The van der Waals surface area contributed by atoms with E-state index in [-0.39, 0.29) is 0 Å². The van der Waals surface area contributed by atoms with E-state index in [1.54, 1.807) is 0 Å². The van der Waals surface area contributed by atoms with Gasteiger partial charge in [-0.3, -0.25) is 0 Å². The zero-order valence-electron chi connectivity index (χ0n) is 13.4. The lowest BCUT2D eigenvalue weighted by Crippen LogP contribution is -2.46. The Labute approximate surface area is 120 Å². The largest absolute Gasteiger partial charge is 0.313 e. The molecule has 2 heteroatoms. The van der Waals surface area contributed by atoms with Crippen LogP contribution in [-0.4, -0.2) is 37.1 Å². The van der Waals surface area contributed by atoms with Crippen molar-refractivity contribution in [2.75, 3.05) is 26.2 Å². The summed E-state index contributed by atoms with van der Waals surface area (Å²) >= 11 is 0. The van der Waals surface area contributed by atoms with Crippen molar-refractivity contribution in [1.29, 1.82) is 0 Å². The van der Waals surface area contributed by atoms with Crippen molar-refractivity contribution in [2.45, 2.75) is 71.8 Å². The van der Waals surface area contributed by atoms with Crippen LogP contribution < -0.4 is 5.32 Å². The Kier molecular flexibility index (Phi) is 5.70. The van der Waals surface area contributed by atoms with Crippen LogP contribution in [0.15, 0.2) is 0 Å². The Balaban J connectivity index is 1.89. The van der Waals surface area contributed by atoms with E-state index in [0.717, 1.165) is 12.0 Å². The van der Waals surface area contributed by atoms with Crippen molar-refractivity contribution in [2.24, 2.45) is 11.3 Å². The van der Waals surface area contributed by atoms with Gasteiger partial charge in [0.05, 0.1) is 0 Å². The Morgan fingerprint density at radius 2 is 1.79 bits per heavy atom. The number of hydrogen-bond acceptors (Lipinski definition) is 2. The lowest BCUT2D eigenvalue weighted by Gasteiger charge is -2.34. The molecule has 1 aliphatic heterocycles. The molecule has 0 aromatic carbocycles. The summed E-state index contributed by atoms with van der Waals surface area (Å²) in [5, 5.41) is 3.85. The van der Waals surface area contributed by atoms with Crippen LogP contribution in [0.25, 0.3) is 0 Å². The van der Waals surface area contributed by atoms with Crippen molar-refractivity contribution in [3.05, 3.63) is 0 Å². The molecule has 1 aliphatic carbocycles. The van der Waals surface area contributed by atoms with Crippen molar-refractivity contribution >= 4 is 0 Å². The summed E-state index contributed by atoms with van der Waals surface area (Å²) in [6.45, 7) is 12.4. The molecule has 0 spiro atoms. The Hall–Kier alpha value is -0.0800. The summed E-state index contributed by atoms with van der Waals surface area (Å²) in [4.78, 5) is 2.75. The molecule has 112 valence electrons. The SMILES string of the molecule is CCCNC1C(CN2CCCCCC2)CCC1(C)C. The van der Waals surface area contributed by atoms with Gasteiger partial charge in [-0.1, -0.05) is 33.6 Å². The molecule has 1 saturated heterocycles. The van der Waals surface area contributed by atoms with E-state index < -0.39 is 0 Å². The molecule has 0 aromatic heterocycles. The minimum Gasteiger partial charge on any atom is -0.313 e. The van der Waals surface area contributed by atoms with Crippen LogP contribution in [0.2, 0.25) is 0 Å². The average molecular weight is 266 g/mol. The second kappa shape index (κ2) is 7.08. The number of likely N-dealkylation sites (tertiary alicyclic amines) is 1. The second-order valence-electron chi connectivity index (χ2n) is 7.43. The third kappa shape index (κ3) is 4.19. The van der Waals surface area contributed by atoms with Gasteiger partial charge in [0.25, 0.3) is 0 Å². The zero-order chi connectivity index (χ0) is 13.7. The van der Waals surface area contributed by atoms with Crippen molar-refractivity contribution < 1.29 is 0 Å². The number of nitrogens with one attached hydrogen (secondary N) is 1. The highest BCUT2D eigenvalue weighted by molar-refractivity contribution is 4.97. The highest BCUT2D eigenvalue weighted by Crippen LogP contribution is 2.41. The van der Waals surface area contributed by atoms with Crippen LogP contribution in [0, 0.1) is 11.3 Å². The molecule has 2 fully saturated rings. The van der Waals surface area contributed by atoms with Crippen molar-refractivity contribution in [1.82, 2.24) is 10.2 Å². The molecular weight excluding hydrogens is 232 g/mol. The summed E-state index contributed by atoms with van der Waals surface area (Å²) in [6, 6.07) is 0.732. The van der Waals surface area contributed by atoms with Gasteiger partial charge in [-0.05, 0) is 63.1 Å². The fourth-order valence-corrected chi connectivity index (χ4v) is 4.11. The van der Waals surface area contributed by atoms with Crippen LogP contribution in [0.1, 0.15) is 65.7 Å². The minimum atomic E-state index is 0.492. The molecule has 2 atom stereocenters. The van der Waals surface area contributed by atoms with Crippen LogP contribution in [-0.2, 0) is 0 Å². The molecule has 19 heavy (non-hydrogen) atoms. The summed E-state index contributed by atoms with van der Waals surface area (Å²) in [5.74, 6) is 0.875. The zero-order valence-corrected chi connectivity index (χ0v) is 13.4. The first-order valence-corrected chi connectivity index (χ1v) is 8.59. The van der Waals surface area contributed by atoms with Crippen LogP contribution in [0.4, 0.5) is 0 Å². The molecule has 2 unspecified atom stereocenters. The molecule has 1 saturated carbocycles. The first kappa shape index (κ1) is 15.3. The predicted molar refractivity (Wildman–Crippen MR) is 83.5 cm³/mol. The molecule has 0 amide bonds. The molecule has 0 radical (unpaired) electrons. The van der Waals surface area contributed by atoms with E-state index >= 15 is 0 Å². The monoisotopic (exact) mass is 266 g/mol. The van der Waals surface area contributed by atoms with E-state index in [4.69, 9.17) is 0 Å². The Morgan fingerprint density at radius 1 is 1.11 bits per heavy atom. The van der Waals surface area contributed by atoms with Gasteiger partial charge in [-0.15, -0.1) is 0 Å². The standard InChI is InChI=1S/C17H34N2/c1-4-11-18-16-15(9-10-17(16,2)3)14-19-12-7-5-6-8-13-19/h15-16,18H,4-14H2,1-3H3. The summed E-state index contributed by atoms with van der Waals surface area (Å²) < 4.78 is 0. The first-order chi connectivity index (χ1) is 9.13. The smallest absolute Gasteiger partial charge is 0.0159 e. The lowest BCUT2D eigenvalue weighted by atomic mass is 9.84. The van der Waals surface area contributed by atoms with E-state index in [0.29, 0.717) is 5.41 Å². The summed E-state index contributed by atoms with van der Waals surface area (Å²) in [7, 11) is 0. The third-order valence-corrected chi connectivity index (χ3v) is 5.28. The highest BCUT2D eigenvalue weighted by atomic mass is 15.1. The molecule has 2 rings (SSSR count). The van der Waals surface area contributed by atoms with Gasteiger partial charge >= 0.3 is 0 Å². The number of hydrogen-bond donors (Lipinski definition) is 1. The normalized spacial score (nSPS) is 32.4. The van der Waals surface area contributed by atoms with Gasteiger partial charge in [0, 0.05) is 12.6 Å². The van der Waals surface area contributed by atoms with Gasteiger partial charge in [0.1, 0.15) is 0 Å². The fourth-order valence-electron chi connectivity index (χ4n) is 4.11. The maximum Gasteiger partial charge on any atom is 0.0159 e. The van der Waals surface area contributed by atoms with Crippen LogP contribution >= 0.6 is 0 Å². The topological polar surface area (TPSA) is 15.3 Å². The summed E-state index contributed by atoms with van der Waals surface area (Å²) in [6.07, 6.45) is 9.81. The molecule has 2 aliphatic rings. The number of nitrogens with zero attached hydrogens (tertiary/aromatic N) is 1. The van der Waals surface area contributed by atoms with Gasteiger partial charge in [-0.25, -0.2) is 0 Å². The van der Waals surface area contributed by atoms with Gasteiger partial charge in [-0.2, -0.15) is 0 Å². The average Bonchev–Trinajstić information content (AvgIpc) is 2.59. The van der Waals surface area contributed by atoms with E-state index in [2.05, 4.69) is 31.0 Å². The van der Waals surface area contributed by atoms with Crippen molar-refractivity contribution in [3.63, 3.8) is 0 Å². The van der Waals surface area contributed by atoms with Gasteiger partial charge < -0.3 is 10.2 Å². The highest BCUT2D eigenvalue weighted by Gasteiger charge is 2.41. The van der Waals surface area contributed by atoms with E-state index in [1.165, 1.54) is 71.1 Å². The van der Waals surface area contributed by atoms with Gasteiger partial charge in [0.2, 0.25) is 0 Å². The van der Waals surface area contributed by atoms with E-state index in [1.807, 2.05) is 0 Å². The Morgan fingerprint density at radius 3 is 2.42 bits per heavy atom. The minimum absolute atomic E-state index is 0.492. The Bertz CT molecular complexity index is 254. The van der Waals surface area contributed by atoms with Crippen LogP contribution in [0.5, 0.6) is 0 Å². The molecule has 1 heterocycles. The predicted octanol–water partition coefficient (Wildman–Crippen LogP) is 3.67. The lowest BCUT2D eigenvalue weighted by molar-refractivity contribution is 0.187. The van der Waals surface area contributed by atoms with E-state index in [9.17, 15) is 0 Å². The molecule has 2 nitrogen and oxygen atoms in total. The third-order valence-electron chi connectivity index (χ3n) is 5.28. The van der Waals surface area contributed by atoms with Crippen molar-refractivity contribution in [3.8, 4) is 0 Å². The summed E-state index contributed by atoms with van der Waals surface area (Å²) in [5.41, 5.74) is 0.492. The molecule has 0 bridgehead atoms. The maximum atomic E-state index is 3.85. The first-order valence-electron chi connectivity index (χ1n) is 8.59. The van der Waals surface area contributed by atoms with Gasteiger partial charge in [0.15, 0.2) is 0 Å². The number of rotatable bonds is 5.